The number of hydrogen-bond donors (Lipinski definition) is 0. The zero-order valence-corrected chi connectivity index (χ0v) is 20.0. The zero-order chi connectivity index (χ0) is 24.9. The molecule has 0 atom stereocenters. The van der Waals surface area contributed by atoms with Gasteiger partial charge in [-0.05, 0) is 76.5 Å². The standard InChI is InChI=1S/C25H18BrFN2O6/c1-2-33-22-13-16(12-21-25(30)35-24(28-21)18-5-3-4-6-20(18)27)11-19(26)23(22)34-14-15-7-9-17(10-8-15)29(31)32/h3-13H,2,14H2,1H3/b21-12-. The average molecular weight is 541 g/mol. The molecule has 35 heavy (non-hydrogen) atoms. The second-order valence-corrected chi connectivity index (χ2v) is 8.15. The molecule has 4 rings (SSSR count). The van der Waals surface area contributed by atoms with Crippen molar-refractivity contribution in [1.29, 1.82) is 0 Å². The monoisotopic (exact) mass is 540 g/mol. The van der Waals surface area contributed by atoms with E-state index in [1.165, 1.54) is 36.4 Å². The molecule has 0 radical (unpaired) electrons. The first-order valence-corrected chi connectivity index (χ1v) is 11.2. The molecule has 1 aliphatic rings. The summed E-state index contributed by atoms with van der Waals surface area (Å²) in [6, 6.07) is 15.3. The van der Waals surface area contributed by atoms with Crippen molar-refractivity contribution in [1.82, 2.24) is 0 Å². The van der Waals surface area contributed by atoms with Gasteiger partial charge < -0.3 is 14.2 Å². The fraction of sp³-hybridized carbons (Fsp3) is 0.120. The maximum Gasteiger partial charge on any atom is 0.363 e. The van der Waals surface area contributed by atoms with Gasteiger partial charge in [0, 0.05) is 12.1 Å². The molecule has 0 amide bonds. The van der Waals surface area contributed by atoms with E-state index in [1.807, 2.05) is 6.92 Å². The molecule has 178 valence electrons. The van der Waals surface area contributed by atoms with Crippen LogP contribution in [0.4, 0.5) is 10.1 Å². The number of hydrogen-bond acceptors (Lipinski definition) is 7. The number of non-ortho nitro benzene ring substituents is 1. The highest BCUT2D eigenvalue weighted by Gasteiger charge is 2.26. The van der Waals surface area contributed by atoms with Crippen molar-refractivity contribution in [2.45, 2.75) is 13.5 Å². The van der Waals surface area contributed by atoms with E-state index in [9.17, 15) is 19.3 Å². The van der Waals surface area contributed by atoms with E-state index in [0.717, 1.165) is 5.56 Å². The smallest absolute Gasteiger partial charge is 0.363 e. The minimum atomic E-state index is -0.698. The Morgan fingerprint density at radius 2 is 1.89 bits per heavy atom. The Hall–Kier alpha value is -4.05. The van der Waals surface area contributed by atoms with Crippen LogP contribution in [0, 0.1) is 15.9 Å². The summed E-state index contributed by atoms with van der Waals surface area (Å²) in [6.45, 7) is 2.33. The van der Waals surface area contributed by atoms with E-state index in [4.69, 9.17) is 14.2 Å². The highest BCUT2D eigenvalue weighted by Crippen LogP contribution is 2.38. The normalized spacial score (nSPS) is 14.0. The number of carbonyl (C=O) groups is 1. The van der Waals surface area contributed by atoms with E-state index >= 15 is 0 Å². The van der Waals surface area contributed by atoms with Crippen LogP contribution in [0.2, 0.25) is 0 Å². The Kier molecular flexibility index (Phi) is 7.21. The number of aliphatic imine (C=N–C) groups is 1. The van der Waals surface area contributed by atoms with Gasteiger partial charge in [0.25, 0.3) is 5.69 Å². The van der Waals surface area contributed by atoms with Gasteiger partial charge >= 0.3 is 5.97 Å². The van der Waals surface area contributed by atoms with E-state index in [0.29, 0.717) is 28.1 Å². The summed E-state index contributed by atoms with van der Waals surface area (Å²) in [6.07, 6.45) is 1.50. The molecule has 0 unspecified atom stereocenters. The van der Waals surface area contributed by atoms with Crippen LogP contribution in [-0.4, -0.2) is 23.4 Å². The highest BCUT2D eigenvalue weighted by atomic mass is 79.9. The number of nitrogens with zero attached hydrogens (tertiary/aromatic N) is 2. The fourth-order valence-electron chi connectivity index (χ4n) is 3.26. The second kappa shape index (κ2) is 10.5. The first-order chi connectivity index (χ1) is 16.9. The van der Waals surface area contributed by atoms with Crippen molar-refractivity contribution in [2.24, 2.45) is 4.99 Å². The third-order valence-corrected chi connectivity index (χ3v) is 5.48. The van der Waals surface area contributed by atoms with Gasteiger partial charge in [-0.3, -0.25) is 10.1 Å². The molecule has 1 aliphatic heterocycles. The van der Waals surface area contributed by atoms with Crippen molar-refractivity contribution in [3.63, 3.8) is 0 Å². The molecule has 0 N–H and O–H groups in total. The largest absolute Gasteiger partial charge is 0.490 e. The topological polar surface area (TPSA) is 100 Å². The second-order valence-electron chi connectivity index (χ2n) is 7.29. The van der Waals surface area contributed by atoms with Gasteiger partial charge in [-0.1, -0.05) is 12.1 Å². The first-order valence-electron chi connectivity index (χ1n) is 10.5. The quantitative estimate of drug-likeness (QED) is 0.154. The Morgan fingerprint density at radius 1 is 1.14 bits per heavy atom. The Bertz CT molecular complexity index is 1350. The fourth-order valence-corrected chi connectivity index (χ4v) is 3.83. The maximum atomic E-state index is 14.0. The molecule has 0 saturated carbocycles. The predicted octanol–water partition coefficient (Wildman–Crippen LogP) is 5.82. The van der Waals surface area contributed by atoms with Crippen LogP contribution in [0.1, 0.15) is 23.6 Å². The van der Waals surface area contributed by atoms with Crippen molar-refractivity contribution in [3.8, 4) is 11.5 Å². The van der Waals surface area contributed by atoms with Gasteiger partial charge in [-0.15, -0.1) is 0 Å². The third-order valence-electron chi connectivity index (χ3n) is 4.89. The SMILES string of the molecule is CCOc1cc(/C=C2\N=C(c3ccccc3F)OC2=O)cc(Br)c1OCc1ccc([N+](=O)[O-])cc1. The van der Waals surface area contributed by atoms with Crippen molar-refractivity contribution in [2.75, 3.05) is 6.61 Å². The van der Waals surface area contributed by atoms with E-state index in [-0.39, 0.29) is 29.5 Å². The Labute approximate surface area is 207 Å². The number of nitro benzene ring substituents is 1. The van der Waals surface area contributed by atoms with Crippen LogP contribution in [0.5, 0.6) is 11.5 Å². The lowest BCUT2D eigenvalue weighted by Crippen LogP contribution is -2.07. The summed E-state index contributed by atoms with van der Waals surface area (Å²) in [4.78, 5) is 26.8. The molecule has 0 aromatic heterocycles. The van der Waals surface area contributed by atoms with E-state index in [1.54, 1.807) is 30.3 Å². The summed E-state index contributed by atoms with van der Waals surface area (Å²) in [5.74, 6) is -0.504. The first kappa shape index (κ1) is 24.1. The van der Waals surface area contributed by atoms with Gasteiger partial charge in [0.05, 0.1) is 21.6 Å². The van der Waals surface area contributed by atoms with Gasteiger partial charge in [-0.25, -0.2) is 14.2 Å². The molecule has 0 saturated heterocycles. The number of benzene rings is 3. The molecular formula is C25H18BrFN2O6. The Balaban J connectivity index is 1.59. The number of rotatable bonds is 8. The van der Waals surface area contributed by atoms with E-state index in [2.05, 4.69) is 20.9 Å². The minimum absolute atomic E-state index is 0.00594. The van der Waals surface area contributed by atoms with Gasteiger partial charge in [0.15, 0.2) is 17.2 Å². The molecule has 0 aliphatic carbocycles. The van der Waals surface area contributed by atoms with Gasteiger partial charge in [-0.2, -0.15) is 0 Å². The van der Waals surface area contributed by atoms with Crippen LogP contribution in [-0.2, 0) is 16.1 Å². The van der Waals surface area contributed by atoms with Crippen molar-refractivity contribution < 1.29 is 28.3 Å². The summed E-state index contributed by atoms with van der Waals surface area (Å²) in [7, 11) is 0. The van der Waals surface area contributed by atoms with Crippen LogP contribution in [0.3, 0.4) is 0 Å². The summed E-state index contributed by atoms with van der Waals surface area (Å²) < 4.78 is 31.4. The summed E-state index contributed by atoms with van der Waals surface area (Å²) in [5.41, 5.74) is 1.41. The minimum Gasteiger partial charge on any atom is -0.490 e. The number of halogens is 2. The predicted molar refractivity (Wildman–Crippen MR) is 130 cm³/mol. The van der Waals surface area contributed by atoms with Gasteiger partial charge in [0.1, 0.15) is 12.4 Å². The maximum absolute atomic E-state index is 14.0. The molecule has 10 heteroatoms. The lowest BCUT2D eigenvalue weighted by atomic mass is 10.1. The number of cyclic esters (lactones) is 1. The Morgan fingerprint density at radius 3 is 2.57 bits per heavy atom. The number of esters is 1. The van der Waals surface area contributed by atoms with Crippen LogP contribution in [0.15, 0.2) is 75.8 Å². The number of carbonyl (C=O) groups excluding carboxylic acids is 1. The number of ether oxygens (including phenoxy) is 3. The molecule has 3 aromatic rings. The van der Waals surface area contributed by atoms with Crippen molar-refractivity contribution in [3.05, 3.63) is 103 Å². The van der Waals surface area contributed by atoms with Crippen LogP contribution >= 0.6 is 15.9 Å². The molecular weight excluding hydrogens is 523 g/mol. The molecule has 0 bridgehead atoms. The van der Waals surface area contributed by atoms with Crippen LogP contribution < -0.4 is 9.47 Å². The highest BCUT2D eigenvalue weighted by molar-refractivity contribution is 9.10. The lowest BCUT2D eigenvalue weighted by molar-refractivity contribution is -0.384. The molecule has 1 heterocycles. The van der Waals surface area contributed by atoms with E-state index < -0.39 is 16.7 Å². The van der Waals surface area contributed by atoms with Crippen molar-refractivity contribution >= 4 is 39.6 Å². The summed E-state index contributed by atoms with van der Waals surface area (Å²) >= 11 is 3.47. The summed E-state index contributed by atoms with van der Waals surface area (Å²) in [5, 5.41) is 10.8. The average Bonchev–Trinajstić information content (AvgIpc) is 3.19. The molecule has 8 nitrogen and oxygen atoms in total. The molecule has 0 fully saturated rings. The third kappa shape index (κ3) is 5.55. The number of nitro groups is 1. The molecule has 3 aromatic carbocycles. The lowest BCUT2D eigenvalue weighted by Gasteiger charge is -2.15. The van der Waals surface area contributed by atoms with Gasteiger partial charge in [0.2, 0.25) is 5.90 Å². The zero-order valence-electron chi connectivity index (χ0n) is 18.4. The van der Waals surface area contributed by atoms with Crippen LogP contribution in [0.25, 0.3) is 6.08 Å². The molecule has 0 spiro atoms.